The molecule has 0 radical (unpaired) electrons. The number of hydrogen-bond acceptors (Lipinski definition) is 5. The highest BCUT2D eigenvalue weighted by atomic mass is 16.4. The van der Waals surface area contributed by atoms with Gasteiger partial charge in [0.05, 0.1) is 0 Å². The Morgan fingerprint density at radius 3 is 2.43 bits per heavy atom. The van der Waals surface area contributed by atoms with Gasteiger partial charge in [0.25, 0.3) is 0 Å². The Balaban J connectivity index is 2.02. The number of piperidine rings is 1. The molecule has 0 aromatic carbocycles. The van der Waals surface area contributed by atoms with E-state index in [1.807, 2.05) is 0 Å². The lowest BCUT2D eigenvalue weighted by atomic mass is 9.83. The number of hydrogen-bond donors (Lipinski definition) is 1. The van der Waals surface area contributed by atoms with E-state index < -0.39 is 0 Å². The van der Waals surface area contributed by atoms with Gasteiger partial charge in [-0.25, -0.2) is 0 Å². The van der Waals surface area contributed by atoms with Crippen LogP contribution in [0.15, 0.2) is 4.42 Å². The maximum Gasteiger partial charge on any atom is 0.319 e. The first-order valence-corrected chi connectivity index (χ1v) is 4.91. The van der Waals surface area contributed by atoms with Gasteiger partial charge < -0.3 is 15.1 Å². The molecule has 1 fully saturated rings. The summed E-state index contributed by atoms with van der Waals surface area (Å²) in [7, 11) is 0. The van der Waals surface area contributed by atoms with Crippen LogP contribution in [0.5, 0.6) is 0 Å². The van der Waals surface area contributed by atoms with Crippen molar-refractivity contribution in [1.82, 2.24) is 10.2 Å². The third-order valence-corrected chi connectivity index (χ3v) is 2.82. The van der Waals surface area contributed by atoms with Gasteiger partial charge in [0.2, 0.25) is 0 Å². The van der Waals surface area contributed by atoms with Crippen molar-refractivity contribution in [3.63, 3.8) is 0 Å². The first kappa shape index (κ1) is 9.30. The van der Waals surface area contributed by atoms with E-state index in [2.05, 4.69) is 28.9 Å². The number of nitrogens with zero attached hydrogens (tertiary/aromatic N) is 3. The number of nitrogen functional groups attached to an aromatic ring is 1. The molecule has 1 saturated heterocycles. The minimum Gasteiger partial charge on any atom is -0.390 e. The molecule has 0 unspecified atom stereocenters. The fourth-order valence-corrected chi connectivity index (χ4v) is 1.66. The van der Waals surface area contributed by atoms with Crippen molar-refractivity contribution < 1.29 is 4.42 Å². The Bertz CT molecular complexity index is 310. The molecule has 0 aliphatic carbocycles. The van der Waals surface area contributed by atoms with Gasteiger partial charge in [-0.05, 0) is 18.3 Å². The topological polar surface area (TPSA) is 68.2 Å². The number of nitrogens with two attached hydrogens (primary N) is 1. The van der Waals surface area contributed by atoms with Gasteiger partial charge in [0.15, 0.2) is 0 Å². The summed E-state index contributed by atoms with van der Waals surface area (Å²) in [5.74, 6) is 0. The van der Waals surface area contributed by atoms with Crippen LogP contribution in [0, 0.1) is 5.41 Å². The lowest BCUT2D eigenvalue weighted by Crippen LogP contribution is -2.37. The zero-order chi connectivity index (χ0) is 10.2. The third-order valence-electron chi connectivity index (χ3n) is 2.82. The minimum absolute atomic E-state index is 0.143. The van der Waals surface area contributed by atoms with Gasteiger partial charge in [-0.1, -0.05) is 24.0 Å². The molecule has 1 aromatic heterocycles. The van der Waals surface area contributed by atoms with Crippen molar-refractivity contribution in [3.05, 3.63) is 0 Å². The molecule has 0 atom stereocenters. The highest BCUT2D eigenvalue weighted by Crippen LogP contribution is 2.31. The molecule has 14 heavy (non-hydrogen) atoms. The first-order chi connectivity index (χ1) is 6.57. The summed E-state index contributed by atoms with van der Waals surface area (Å²) in [4.78, 5) is 2.09. The van der Waals surface area contributed by atoms with Crippen LogP contribution in [0.4, 0.5) is 12.0 Å². The fraction of sp³-hybridized carbons (Fsp3) is 0.778. The van der Waals surface area contributed by atoms with Gasteiger partial charge in [0, 0.05) is 13.1 Å². The van der Waals surface area contributed by atoms with Gasteiger partial charge in [-0.3, -0.25) is 0 Å². The van der Waals surface area contributed by atoms with Crippen LogP contribution < -0.4 is 10.6 Å². The van der Waals surface area contributed by atoms with E-state index in [1.54, 1.807) is 0 Å². The second-order valence-corrected chi connectivity index (χ2v) is 4.57. The number of anilines is 2. The summed E-state index contributed by atoms with van der Waals surface area (Å²) in [6, 6.07) is 0.697. The number of aromatic nitrogens is 2. The Morgan fingerprint density at radius 2 is 1.93 bits per heavy atom. The zero-order valence-corrected chi connectivity index (χ0v) is 8.66. The predicted molar refractivity (Wildman–Crippen MR) is 53.9 cm³/mol. The molecular formula is C9H16N4O. The molecule has 2 rings (SSSR count). The molecule has 5 heteroatoms. The summed E-state index contributed by atoms with van der Waals surface area (Å²) in [6.07, 6.45) is 2.30. The molecule has 0 bridgehead atoms. The van der Waals surface area contributed by atoms with Crippen LogP contribution in [0.3, 0.4) is 0 Å². The second-order valence-electron chi connectivity index (χ2n) is 4.57. The molecule has 0 saturated carbocycles. The van der Waals surface area contributed by atoms with Crippen molar-refractivity contribution in [1.29, 1.82) is 0 Å². The Morgan fingerprint density at radius 1 is 1.29 bits per heavy atom. The lowest BCUT2D eigenvalue weighted by molar-refractivity contribution is 0.273. The zero-order valence-electron chi connectivity index (χ0n) is 8.66. The van der Waals surface area contributed by atoms with Crippen LogP contribution in [0.25, 0.3) is 0 Å². The van der Waals surface area contributed by atoms with Crippen LogP contribution in [0.1, 0.15) is 26.7 Å². The maximum absolute atomic E-state index is 5.37. The predicted octanol–water partition coefficient (Wildman–Crippen LogP) is 1.28. The van der Waals surface area contributed by atoms with Crippen molar-refractivity contribution in [3.8, 4) is 0 Å². The molecule has 1 aliphatic rings. The first-order valence-electron chi connectivity index (χ1n) is 4.91. The molecule has 0 spiro atoms. The highest BCUT2D eigenvalue weighted by Gasteiger charge is 2.27. The standard InChI is InChI=1S/C9H16N4O/c1-9(2)3-5-13(6-4-9)8-12-11-7(10)14-8/h3-6H2,1-2H3,(H2,10,11). The van der Waals surface area contributed by atoms with E-state index in [4.69, 9.17) is 10.2 Å². The van der Waals surface area contributed by atoms with Crippen molar-refractivity contribution in [2.24, 2.45) is 5.41 Å². The maximum atomic E-state index is 5.37. The van der Waals surface area contributed by atoms with E-state index in [-0.39, 0.29) is 6.01 Å². The normalized spacial score (nSPS) is 21.1. The third kappa shape index (κ3) is 1.81. The lowest BCUT2D eigenvalue weighted by Gasteiger charge is -2.35. The van der Waals surface area contributed by atoms with Crippen molar-refractivity contribution >= 4 is 12.0 Å². The van der Waals surface area contributed by atoms with Crippen LogP contribution in [-0.4, -0.2) is 23.3 Å². The highest BCUT2D eigenvalue weighted by molar-refractivity contribution is 5.28. The van der Waals surface area contributed by atoms with Gasteiger partial charge in [0.1, 0.15) is 0 Å². The minimum atomic E-state index is 0.143. The van der Waals surface area contributed by atoms with Crippen LogP contribution in [-0.2, 0) is 0 Å². The summed E-state index contributed by atoms with van der Waals surface area (Å²) >= 11 is 0. The summed E-state index contributed by atoms with van der Waals surface area (Å²) in [6.45, 7) is 6.50. The number of rotatable bonds is 1. The summed E-state index contributed by atoms with van der Waals surface area (Å²) in [5, 5.41) is 7.52. The SMILES string of the molecule is CC1(C)CCN(c2nnc(N)o2)CC1. The van der Waals surface area contributed by atoms with Gasteiger partial charge in [-0.15, -0.1) is 0 Å². The average Bonchev–Trinajstić information content (AvgIpc) is 2.52. The summed E-state index contributed by atoms with van der Waals surface area (Å²) < 4.78 is 5.17. The molecule has 5 nitrogen and oxygen atoms in total. The van der Waals surface area contributed by atoms with Gasteiger partial charge >= 0.3 is 12.0 Å². The van der Waals surface area contributed by atoms with E-state index >= 15 is 0 Å². The van der Waals surface area contributed by atoms with E-state index in [0.29, 0.717) is 11.4 Å². The van der Waals surface area contributed by atoms with E-state index in [1.165, 1.54) is 0 Å². The van der Waals surface area contributed by atoms with Crippen molar-refractivity contribution in [2.75, 3.05) is 23.7 Å². The summed E-state index contributed by atoms with van der Waals surface area (Å²) in [5.41, 5.74) is 5.80. The van der Waals surface area contributed by atoms with Gasteiger partial charge in [-0.2, -0.15) is 0 Å². The Kier molecular flexibility index (Phi) is 2.09. The molecule has 1 aromatic rings. The smallest absolute Gasteiger partial charge is 0.319 e. The quantitative estimate of drug-likeness (QED) is 0.732. The molecule has 2 N–H and O–H groups in total. The molecule has 78 valence electrons. The largest absolute Gasteiger partial charge is 0.390 e. The molecule has 1 aliphatic heterocycles. The monoisotopic (exact) mass is 196 g/mol. The van der Waals surface area contributed by atoms with Crippen molar-refractivity contribution in [2.45, 2.75) is 26.7 Å². The van der Waals surface area contributed by atoms with E-state index in [0.717, 1.165) is 25.9 Å². The van der Waals surface area contributed by atoms with Crippen LogP contribution >= 0.6 is 0 Å². The molecule has 2 heterocycles. The van der Waals surface area contributed by atoms with Crippen LogP contribution in [0.2, 0.25) is 0 Å². The molecule has 0 amide bonds. The van der Waals surface area contributed by atoms with E-state index in [9.17, 15) is 0 Å². The Hall–Kier alpha value is -1.26. The molecular weight excluding hydrogens is 180 g/mol. The Labute approximate surface area is 83.3 Å². The average molecular weight is 196 g/mol. The second kappa shape index (κ2) is 3.15. The fourth-order valence-electron chi connectivity index (χ4n) is 1.66.